The molecule has 0 aliphatic heterocycles. The van der Waals surface area contributed by atoms with Gasteiger partial charge in [0.25, 0.3) is 15.9 Å². The molecule has 1 aromatic carbocycles. The van der Waals surface area contributed by atoms with E-state index in [1.807, 2.05) is 61.5 Å². The minimum atomic E-state index is -4.27. The Kier molecular flexibility index (Phi) is 5.78. The first-order valence-electron chi connectivity index (χ1n) is 10.5. The van der Waals surface area contributed by atoms with Gasteiger partial charge in [0.2, 0.25) is 5.88 Å². The molecule has 0 aliphatic rings. The van der Waals surface area contributed by atoms with E-state index in [1.165, 1.54) is 24.3 Å². The van der Waals surface area contributed by atoms with Gasteiger partial charge in [0.15, 0.2) is 10.8 Å². The van der Waals surface area contributed by atoms with E-state index in [4.69, 9.17) is 10.5 Å². The number of aryl methyl sites for hydroxylation is 1. The number of hydrogen-bond acceptors (Lipinski definition) is 7. The molecule has 0 bridgehead atoms. The highest BCUT2D eigenvalue weighted by molar-refractivity contribution is 7.90. The van der Waals surface area contributed by atoms with Crippen molar-refractivity contribution < 1.29 is 17.9 Å². The Balaban J connectivity index is 1.76. The summed E-state index contributed by atoms with van der Waals surface area (Å²) in [5.41, 5.74) is 6.72. The van der Waals surface area contributed by atoms with Crippen molar-refractivity contribution in [3.63, 3.8) is 0 Å². The minimum Gasteiger partial charge on any atom is -0.436 e. The van der Waals surface area contributed by atoms with Gasteiger partial charge in [-0.2, -0.15) is 8.42 Å². The molecule has 176 valence electrons. The summed E-state index contributed by atoms with van der Waals surface area (Å²) in [5.74, 6) is -0.398. The summed E-state index contributed by atoms with van der Waals surface area (Å²) in [7, 11) is -2.39. The highest BCUT2D eigenvalue weighted by Crippen LogP contribution is 2.33. The van der Waals surface area contributed by atoms with Gasteiger partial charge in [0.1, 0.15) is 11.4 Å². The van der Waals surface area contributed by atoms with Crippen molar-refractivity contribution in [3.8, 4) is 11.6 Å². The van der Waals surface area contributed by atoms with E-state index in [0.717, 1.165) is 10.9 Å². The Morgan fingerprint density at radius 3 is 2.47 bits per heavy atom. The number of fused-ring (bicyclic) bond motifs is 1. The number of aromatic nitrogens is 3. The summed E-state index contributed by atoms with van der Waals surface area (Å²) in [4.78, 5) is 21.5. The van der Waals surface area contributed by atoms with Crippen LogP contribution in [-0.4, -0.2) is 28.9 Å². The van der Waals surface area contributed by atoms with Crippen LogP contribution in [0.25, 0.3) is 10.9 Å². The molecule has 9 nitrogen and oxygen atoms in total. The lowest BCUT2D eigenvalue weighted by Crippen LogP contribution is -2.32. The Hall–Kier alpha value is -3.92. The molecule has 0 spiro atoms. The van der Waals surface area contributed by atoms with Crippen molar-refractivity contribution in [2.45, 2.75) is 31.2 Å². The number of nitrogen functional groups attached to an aromatic ring is 1. The number of nitrogens with two attached hydrogens (primary N) is 1. The fourth-order valence-corrected chi connectivity index (χ4v) is 4.36. The molecule has 0 aliphatic carbocycles. The summed E-state index contributed by atoms with van der Waals surface area (Å²) >= 11 is 0. The normalized spacial score (nSPS) is 12.0. The zero-order valence-corrected chi connectivity index (χ0v) is 20.1. The van der Waals surface area contributed by atoms with Crippen LogP contribution in [0.5, 0.6) is 11.6 Å². The zero-order chi connectivity index (χ0) is 24.7. The number of nitrogens with one attached hydrogen (secondary N) is 1. The molecule has 1 amide bonds. The summed E-state index contributed by atoms with van der Waals surface area (Å²) in [6, 6.07) is 14.8. The van der Waals surface area contributed by atoms with Crippen molar-refractivity contribution in [2.75, 3.05) is 5.73 Å². The van der Waals surface area contributed by atoms with Crippen LogP contribution in [0.1, 0.15) is 36.8 Å². The van der Waals surface area contributed by atoms with E-state index in [2.05, 4.69) is 9.97 Å². The van der Waals surface area contributed by atoms with Crippen molar-refractivity contribution in [1.82, 2.24) is 19.3 Å². The molecule has 4 aromatic rings. The van der Waals surface area contributed by atoms with Gasteiger partial charge in [-0.1, -0.05) is 39.0 Å². The molecule has 0 saturated heterocycles. The number of nitrogens with zero attached hydrogens (tertiary/aromatic N) is 3. The topological polar surface area (TPSA) is 129 Å². The first kappa shape index (κ1) is 23.2. The third-order valence-electron chi connectivity index (χ3n) is 5.19. The van der Waals surface area contributed by atoms with Crippen LogP contribution in [0.3, 0.4) is 0 Å². The standard InChI is InChI=1S/C24H25N5O4S/c1-24(2,3)18-12-11-16(22(30)28-34(31,32)20-10-6-9-19(25)27-20)23(26-18)33-17-8-5-7-15-13-14-29(4)21(15)17/h5-14H,1-4H3,(H2,25,27)(H,28,30). The second-order valence-corrected chi connectivity index (χ2v) is 10.5. The van der Waals surface area contributed by atoms with E-state index in [0.29, 0.717) is 11.4 Å². The van der Waals surface area contributed by atoms with Crippen molar-refractivity contribution in [3.05, 3.63) is 72.1 Å². The highest BCUT2D eigenvalue weighted by atomic mass is 32.2. The molecule has 3 N–H and O–H groups in total. The molecule has 34 heavy (non-hydrogen) atoms. The van der Waals surface area contributed by atoms with E-state index in [-0.39, 0.29) is 27.7 Å². The third kappa shape index (κ3) is 4.58. The maximum atomic E-state index is 13.1. The Bertz CT molecular complexity index is 1500. The van der Waals surface area contributed by atoms with Crippen LogP contribution in [0.15, 0.2) is 65.8 Å². The Morgan fingerprint density at radius 2 is 1.76 bits per heavy atom. The molecule has 3 heterocycles. The Labute approximate surface area is 197 Å². The summed E-state index contributed by atoms with van der Waals surface area (Å²) in [6.07, 6.45) is 1.90. The number of ether oxygens (including phenoxy) is 1. The number of amides is 1. The fourth-order valence-electron chi connectivity index (χ4n) is 3.42. The number of sulfonamides is 1. The number of carbonyl (C=O) groups is 1. The molecule has 0 saturated carbocycles. The number of anilines is 1. The third-order valence-corrected chi connectivity index (χ3v) is 6.42. The van der Waals surface area contributed by atoms with Gasteiger partial charge < -0.3 is 15.0 Å². The SMILES string of the molecule is Cn1ccc2cccc(Oc3nc(C(C)(C)C)ccc3C(=O)NS(=O)(=O)c3cccc(N)n3)c21. The van der Waals surface area contributed by atoms with Crippen molar-refractivity contribution in [2.24, 2.45) is 7.05 Å². The van der Waals surface area contributed by atoms with Gasteiger partial charge >= 0.3 is 0 Å². The molecule has 0 unspecified atom stereocenters. The van der Waals surface area contributed by atoms with Gasteiger partial charge in [-0.15, -0.1) is 0 Å². The number of benzene rings is 1. The number of pyridine rings is 2. The Morgan fingerprint density at radius 1 is 1.03 bits per heavy atom. The number of hydrogen-bond donors (Lipinski definition) is 2. The summed E-state index contributed by atoms with van der Waals surface area (Å²) < 4.78 is 35.5. The second kappa shape index (κ2) is 8.45. The van der Waals surface area contributed by atoms with Crippen LogP contribution in [0.2, 0.25) is 0 Å². The lowest BCUT2D eigenvalue weighted by Gasteiger charge is -2.20. The number of rotatable bonds is 5. The van der Waals surface area contributed by atoms with Crippen molar-refractivity contribution in [1.29, 1.82) is 0 Å². The average molecular weight is 480 g/mol. The molecule has 0 radical (unpaired) electrons. The molecule has 10 heteroatoms. The molecular weight excluding hydrogens is 454 g/mol. The second-order valence-electron chi connectivity index (χ2n) is 8.86. The van der Waals surface area contributed by atoms with E-state index in [9.17, 15) is 13.2 Å². The maximum Gasteiger partial charge on any atom is 0.281 e. The quantitative estimate of drug-likeness (QED) is 0.446. The van der Waals surface area contributed by atoms with E-state index in [1.54, 1.807) is 12.1 Å². The van der Waals surface area contributed by atoms with Crippen molar-refractivity contribution >= 4 is 32.7 Å². The predicted molar refractivity (Wildman–Crippen MR) is 129 cm³/mol. The number of carbonyl (C=O) groups excluding carboxylic acids is 1. The van der Waals surface area contributed by atoms with Crippen LogP contribution in [0, 0.1) is 0 Å². The van der Waals surface area contributed by atoms with Gasteiger partial charge in [0, 0.05) is 29.7 Å². The minimum absolute atomic E-state index is 0.00522. The molecule has 3 aromatic heterocycles. The summed E-state index contributed by atoms with van der Waals surface area (Å²) in [5, 5.41) is 0.587. The maximum absolute atomic E-state index is 13.1. The highest BCUT2D eigenvalue weighted by Gasteiger charge is 2.26. The largest absolute Gasteiger partial charge is 0.436 e. The lowest BCUT2D eigenvalue weighted by molar-refractivity contribution is 0.0978. The van der Waals surface area contributed by atoms with E-state index < -0.39 is 15.9 Å². The molecule has 4 rings (SSSR count). The monoisotopic (exact) mass is 479 g/mol. The van der Waals surface area contributed by atoms with Gasteiger partial charge in [0.05, 0.1) is 5.52 Å². The zero-order valence-electron chi connectivity index (χ0n) is 19.2. The van der Waals surface area contributed by atoms with E-state index >= 15 is 0 Å². The average Bonchev–Trinajstić information content (AvgIpc) is 3.14. The van der Waals surface area contributed by atoms with Gasteiger partial charge in [-0.3, -0.25) is 4.79 Å². The predicted octanol–water partition coefficient (Wildman–Crippen LogP) is 3.76. The van der Waals surface area contributed by atoms with Crippen LogP contribution in [-0.2, 0) is 22.5 Å². The van der Waals surface area contributed by atoms with Crippen LogP contribution in [0.4, 0.5) is 5.82 Å². The first-order chi connectivity index (χ1) is 16.0. The summed E-state index contributed by atoms with van der Waals surface area (Å²) in [6.45, 7) is 5.94. The number of para-hydroxylation sites is 1. The molecular formula is C24H25N5O4S. The molecule has 0 atom stereocenters. The fraction of sp³-hybridized carbons (Fsp3) is 0.208. The molecule has 0 fully saturated rings. The van der Waals surface area contributed by atoms with Crippen LogP contribution >= 0.6 is 0 Å². The first-order valence-corrected chi connectivity index (χ1v) is 12.0. The van der Waals surface area contributed by atoms with Gasteiger partial charge in [-0.25, -0.2) is 14.7 Å². The lowest BCUT2D eigenvalue weighted by atomic mass is 9.91. The van der Waals surface area contributed by atoms with Gasteiger partial charge in [-0.05, 0) is 36.4 Å². The van der Waals surface area contributed by atoms with Crippen LogP contribution < -0.4 is 15.2 Å². The smallest absolute Gasteiger partial charge is 0.281 e.